The quantitative estimate of drug-likeness (QED) is 0.940. The number of hydrogen-bond acceptors (Lipinski definition) is 3. The van der Waals surface area contributed by atoms with E-state index in [1.54, 1.807) is 18.4 Å². The van der Waals surface area contributed by atoms with E-state index < -0.39 is 0 Å². The van der Waals surface area contributed by atoms with E-state index in [0.29, 0.717) is 0 Å². The van der Waals surface area contributed by atoms with E-state index >= 15 is 0 Å². The Kier molecular flexibility index (Phi) is 3.63. The molecule has 0 aliphatic carbocycles. The van der Waals surface area contributed by atoms with E-state index in [0.717, 1.165) is 20.7 Å². The van der Waals surface area contributed by atoms with Crippen molar-refractivity contribution in [1.29, 1.82) is 0 Å². The molecular formula is C12H12BrNOS. The standard InChI is InChI=1S/C12H12BrNOS/c1-15-10-5-4-8(13)7-9(10)12(14)11-3-2-6-16-11/h2-7,12H,14H2,1H3. The summed E-state index contributed by atoms with van der Waals surface area (Å²) in [6.07, 6.45) is 0. The maximum atomic E-state index is 6.22. The Balaban J connectivity index is 2.42. The summed E-state index contributed by atoms with van der Waals surface area (Å²) in [5.74, 6) is 0.823. The Bertz CT molecular complexity index is 470. The summed E-state index contributed by atoms with van der Waals surface area (Å²) in [7, 11) is 1.66. The molecule has 0 saturated carbocycles. The van der Waals surface area contributed by atoms with Gasteiger partial charge in [0.2, 0.25) is 0 Å². The number of benzene rings is 1. The van der Waals surface area contributed by atoms with Gasteiger partial charge in [0.25, 0.3) is 0 Å². The minimum atomic E-state index is -0.132. The summed E-state index contributed by atoms with van der Waals surface area (Å²) in [5, 5.41) is 2.03. The lowest BCUT2D eigenvalue weighted by Gasteiger charge is -2.14. The average molecular weight is 298 g/mol. The third kappa shape index (κ3) is 2.29. The Morgan fingerprint density at radius 1 is 1.38 bits per heavy atom. The fourth-order valence-corrected chi connectivity index (χ4v) is 2.69. The van der Waals surface area contributed by atoms with Crippen LogP contribution in [0.3, 0.4) is 0 Å². The smallest absolute Gasteiger partial charge is 0.124 e. The largest absolute Gasteiger partial charge is 0.496 e. The van der Waals surface area contributed by atoms with E-state index in [4.69, 9.17) is 10.5 Å². The second-order valence-electron chi connectivity index (χ2n) is 3.38. The van der Waals surface area contributed by atoms with Gasteiger partial charge in [-0.2, -0.15) is 0 Å². The fourth-order valence-electron chi connectivity index (χ4n) is 1.57. The van der Waals surface area contributed by atoms with Crippen molar-refractivity contribution in [3.05, 3.63) is 50.6 Å². The second-order valence-corrected chi connectivity index (χ2v) is 5.27. The Morgan fingerprint density at radius 2 is 2.19 bits per heavy atom. The molecule has 0 spiro atoms. The summed E-state index contributed by atoms with van der Waals surface area (Å²) in [6.45, 7) is 0. The molecule has 1 aromatic carbocycles. The van der Waals surface area contributed by atoms with Gasteiger partial charge in [-0.15, -0.1) is 11.3 Å². The minimum Gasteiger partial charge on any atom is -0.496 e. The third-order valence-electron chi connectivity index (χ3n) is 2.38. The second kappa shape index (κ2) is 4.99. The molecule has 2 nitrogen and oxygen atoms in total. The molecule has 0 aliphatic heterocycles. The zero-order chi connectivity index (χ0) is 11.5. The predicted molar refractivity (Wildman–Crippen MR) is 71.0 cm³/mol. The zero-order valence-corrected chi connectivity index (χ0v) is 11.2. The van der Waals surface area contributed by atoms with Crippen molar-refractivity contribution in [3.63, 3.8) is 0 Å². The van der Waals surface area contributed by atoms with Crippen LogP contribution in [0.5, 0.6) is 5.75 Å². The number of methoxy groups -OCH3 is 1. The molecule has 1 unspecified atom stereocenters. The summed E-state index contributed by atoms with van der Waals surface area (Å²) in [4.78, 5) is 1.14. The maximum absolute atomic E-state index is 6.22. The highest BCUT2D eigenvalue weighted by atomic mass is 79.9. The van der Waals surface area contributed by atoms with Crippen molar-refractivity contribution >= 4 is 27.3 Å². The van der Waals surface area contributed by atoms with Gasteiger partial charge in [0.15, 0.2) is 0 Å². The summed E-state index contributed by atoms with van der Waals surface area (Å²) in [5.41, 5.74) is 7.21. The first kappa shape index (κ1) is 11.6. The van der Waals surface area contributed by atoms with Crippen LogP contribution in [0.15, 0.2) is 40.2 Å². The van der Waals surface area contributed by atoms with Crippen LogP contribution in [0.25, 0.3) is 0 Å². The molecule has 1 heterocycles. The van der Waals surface area contributed by atoms with Gasteiger partial charge >= 0.3 is 0 Å². The Morgan fingerprint density at radius 3 is 2.81 bits per heavy atom. The van der Waals surface area contributed by atoms with Crippen LogP contribution in [0.2, 0.25) is 0 Å². The number of ether oxygens (including phenoxy) is 1. The molecule has 0 fully saturated rings. The number of hydrogen-bond donors (Lipinski definition) is 1. The predicted octanol–water partition coefficient (Wildman–Crippen LogP) is 3.57. The Hall–Kier alpha value is -0.840. The van der Waals surface area contributed by atoms with E-state index in [-0.39, 0.29) is 6.04 Å². The Labute approximate surface area is 107 Å². The van der Waals surface area contributed by atoms with Crippen molar-refractivity contribution in [1.82, 2.24) is 0 Å². The van der Waals surface area contributed by atoms with E-state index in [9.17, 15) is 0 Å². The number of rotatable bonds is 3. The number of halogens is 1. The lowest BCUT2D eigenvalue weighted by molar-refractivity contribution is 0.408. The highest BCUT2D eigenvalue weighted by Gasteiger charge is 2.15. The van der Waals surface area contributed by atoms with Crippen molar-refractivity contribution < 1.29 is 4.74 Å². The van der Waals surface area contributed by atoms with Crippen molar-refractivity contribution in [2.75, 3.05) is 7.11 Å². The molecule has 0 aliphatic rings. The lowest BCUT2D eigenvalue weighted by atomic mass is 10.1. The highest BCUT2D eigenvalue weighted by molar-refractivity contribution is 9.10. The van der Waals surface area contributed by atoms with Crippen LogP contribution in [-0.2, 0) is 0 Å². The first-order chi connectivity index (χ1) is 7.72. The van der Waals surface area contributed by atoms with Gasteiger partial charge in [0, 0.05) is 14.9 Å². The molecule has 2 aromatic rings. The van der Waals surface area contributed by atoms with Crippen LogP contribution in [-0.4, -0.2) is 7.11 Å². The molecule has 0 bridgehead atoms. The molecule has 0 saturated heterocycles. The van der Waals surface area contributed by atoms with Gasteiger partial charge in [0.1, 0.15) is 5.75 Å². The van der Waals surface area contributed by atoms with Crippen LogP contribution in [0.4, 0.5) is 0 Å². The zero-order valence-electron chi connectivity index (χ0n) is 8.81. The van der Waals surface area contributed by atoms with Gasteiger partial charge in [-0.05, 0) is 29.6 Å². The summed E-state index contributed by atoms with van der Waals surface area (Å²) >= 11 is 5.10. The van der Waals surface area contributed by atoms with Gasteiger partial charge in [0.05, 0.1) is 13.2 Å². The van der Waals surface area contributed by atoms with E-state index in [1.807, 2.05) is 35.7 Å². The molecule has 0 radical (unpaired) electrons. The topological polar surface area (TPSA) is 35.2 Å². The third-order valence-corrected chi connectivity index (χ3v) is 3.83. The fraction of sp³-hybridized carbons (Fsp3) is 0.167. The van der Waals surface area contributed by atoms with Crippen molar-refractivity contribution in [2.45, 2.75) is 6.04 Å². The molecule has 16 heavy (non-hydrogen) atoms. The number of thiophene rings is 1. The maximum Gasteiger partial charge on any atom is 0.124 e. The average Bonchev–Trinajstić information content (AvgIpc) is 2.81. The molecular weight excluding hydrogens is 286 g/mol. The highest BCUT2D eigenvalue weighted by Crippen LogP contribution is 2.32. The van der Waals surface area contributed by atoms with Crippen molar-refractivity contribution in [3.8, 4) is 5.75 Å². The lowest BCUT2D eigenvalue weighted by Crippen LogP contribution is -2.11. The normalized spacial score (nSPS) is 12.4. The first-order valence-corrected chi connectivity index (χ1v) is 6.52. The van der Waals surface area contributed by atoms with Crippen LogP contribution in [0.1, 0.15) is 16.5 Å². The van der Waals surface area contributed by atoms with Crippen LogP contribution >= 0.6 is 27.3 Å². The molecule has 2 N–H and O–H groups in total. The first-order valence-electron chi connectivity index (χ1n) is 4.85. The van der Waals surface area contributed by atoms with Crippen LogP contribution in [0, 0.1) is 0 Å². The summed E-state index contributed by atoms with van der Waals surface area (Å²) < 4.78 is 6.33. The van der Waals surface area contributed by atoms with Gasteiger partial charge < -0.3 is 10.5 Å². The van der Waals surface area contributed by atoms with Gasteiger partial charge in [-0.3, -0.25) is 0 Å². The van der Waals surface area contributed by atoms with Crippen LogP contribution < -0.4 is 10.5 Å². The molecule has 0 amide bonds. The van der Waals surface area contributed by atoms with E-state index in [2.05, 4.69) is 15.9 Å². The van der Waals surface area contributed by atoms with Crippen molar-refractivity contribution in [2.24, 2.45) is 5.73 Å². The minimum absolute atomic E-state index is 0.132. The monoisotopic (exact) mass is 297 g/mol. The molecule has 4 heteroatoms. The summed E-state index contributed by atoms with van der Waals surface area (Å²) in [6, 6.07) is 9.78. The molecule has 84 valence electrons. The SMILES string of the molecule is COc1ccc(Br)cc1C(N)c1cccs1. The molecule has 2 rings (SSSR count). The van der Waals surface area contributed by atoms with E-state index in [1.165, 1.54) is 0 Å². The number of nitrogens with two attached hydrogens (primary N) is 1. The van der Waals surface area contributed by atoms with Gasteiger partial charge in [-0.1, -0.05) is 22.0 Å². The molecule has 1 aromatic heterocycles. The molecule has 1 atom stereocenters. The van der Waals surface area contributed by atoms with Gasteiger partial charge in [-0.25, -0.2) is 0 Å².